The second-order valence-corrected chi connectivity index (χ2v) is 6.38. The van der Waals surface area contributed by atoms with Gasteiger partial charge in [-0.2, -0.15) is 0 Å². The molecule has 0 spiro atoms. The van der Waals surface area contributed by atoms with Crippen molar-refractivity contribution < 1.29 is 19.0 Å². The standard InChI is InChI=1S/C17H24FN5O3/c1-17(2,11-26-16-7-6-15(21-19)22-23-16)20-9-13(24)10-25-14-5-3-4-12(18)8-14/h3-8,13,20,24H,9-11,19H2,1-2H3,(H,21,22). The van der Waals surface area contributed by atoms with Gasteiger partial charge in [-0.05, 0) is 32.0 Å². The summed E-state index contributed by atoms with van der Waals surface area (Å²) in [7, 11) is 0. The molecule has 8 nitrogen and oxygen atoms in total. The van der Waals surface area contributed by atoms with Crippen molar-refractivity contribution in [2.24, 2.45) is 5.84 Å². The summed E-state index contributed by atoms with van der Waals surface area (Å²) in [6.07, 6.45) is -0.757. The van der Waals surface area contributed by atoms with Crippen molar-refractivity contribution in [1.29, 1.82) is 0 Å². The molecule has 0 aliphatic heterocycles. The molecule has 0 bridgehead atoms. The lowest BCUT2D eigenvalue weighted by molar-refractivity contribution is 0.0921. The third kappa shape index (κ3) is 6.79. The SMILES string of the molecule is CC(C)(COc1ccc(NN)nn1)NCC(O)COc1cccc(F)c1. The van der Waals surface area contributed by atoms with E-state index in [1.807, 2.05) is 13.8 Å². The number of nitrogens with zero attached hydrogens (tertiary/aromatic N) is 2. The third-order valence-electron chi connectivity index (χ3n) is 3.42. The summed E-state index contributed by atoms with van der Waals surface area (Å²) in [5.74, 6) is 6.03. The van der Waals surface area contributed by atoms with E-state index in [4.69, 9.17) is 15.3 Å². The van der Waals surface area contributed by atoms with Crippen LogP contribution in [0.2, 0.25) is 0 Å². The average Bonchev–Trinajstić information content (AvgIpc) is 2.64. The number of anilines is 1. The lowest BCUT2D eigenvalue weighted by atomic mass is 10.1. The molecule has 142 valence electrons. The van der Waals surface area contributed by atoms with Gasteiger partial charge >= 0.3 is 0 Å². The Bertz CT molecular complexity index is 684. The smallest absolute Gasteiger partial charge is 0.233 e. The highest BCUT2D eigenvalue weighted by atomic mass is 19.1. The molecule has 0 radical (unpaired) electrons. The van der Waals surface area contributed by atoms with Crippen LogP contribution in [0.1, 0.15) is 13.8 Å². The van der Waals surface area contributed by atoms with Gasteiger partial charge in [0.2, 0.25) is 5.88 Å². The number of nitrogens with two attached hydrogens (primary N) is 1. The first-order valence-corrected chi connectivity index (χ1v) is 8.12. The van der Waals surface area contributed by atoms with Crippen LogP contribution in [-0.2, 0) is 0 Å². The lowest BCUT2D eigenvalue weighted by Gasteiger charge is -2.27. The maximum Gasteiger partial charge on any atom is 0.233 e. The Kier molecular flexibility index (Phi) is 7.07. The number of hydrogen-bond donors (Lipinski definition) is 4. The van der Waals surface area contributed by atoms with Crippen molar-refractivity contribution in [2.45, 2.75) is 25.5 Å². The number of aliphatic hydroxyl groups excluding tert-OH is 1. The van der Waals surface area contributed by atoms with Gasteiger partial charge in [-0.15, -0.1) is 10.2 Å². The Balaban J connectivity index is 1.71. The van der Waals surface area contributed by atoms with E-state index in [-0.39, 0.29) is 19.0 Å². The van der Waals surface area contributed by atoms with E-state index in [1.165, 1.54) is 12.1 Å². The first kappa shape index (κ1) is 19.8. The highest BCUT2D eigenvalue weighted by Gasteiger charge is 2.20. The molecule has 0 fully saturated rings. The van der Waals surface area contributed by atoms with Crippen molar-refractivity contribution in [3.05, 3.63) is 42.2 Å². The van der Waals surface area contributed by atoms with E-state index in [9.17, 15) is 9.50 Å². The van der Waals surface area contributed by atoms with Gasteiger partial charge in [0.05, 0.1) is 0 Å². The third-order valence-corrected chi connectivity index (χ3v) is 3.42. The van der Waals surface area contributed by atoms with Crippen LogP contribution in [0.15, 0.2) is 36.4 Å². The molecule has 0 saturated carbocycles. The minimum Gasteiger partial charge on any atom is -0.491 e. The Hall–Kier alpha value is -2.49. The van der Waals surface area contributed by atoms with Gasteiger partial charge in [0, 0.05) is 24.2 Å². The molecule has 5 N–H and O–H groups in total. The summed E-state index contributed by atoms with van der Waals surface area (Å²) in [5.41, 5.74) is 1.96. The van der Waals surface area contributed by atoms with Crippen LogP contribution in [0, 0.1) is 5.82 Å². The van der Waals surface area contributed by atoms with Crippen LogP contribution in [0.5, 0.6) is 11.6 Å². The number of benzene rings is 1. The number of aliphatic hydroxyl groups is 1. The number of rotatable bonds is 10. The van der Waals surface area contributed by atoms with Gasteiger partial charge < -0.3 is 25.3 Å². The van der Waals surface area contributed by atoms with E-state index >= 15 is 0 Å². The molecule has 0 aliphatic rings. The maximum absolute atomic E-state index is 13.1. The van der Waals surface area contributed by atoms with Crippen molar-refractivity contribution in [3.8, 4) is 11.6 Å². The summed E-state index contributed by atoms with van der Waals surface area (Å²) in [4.78, 5) is 0. The van der Waals surface area contributed by atoms with E-state index < -0.39 is 11.6 Å². The summed E-state index contributed by atoms with van der Waals surface area (Å²) < 4.78 is 24.0. The van der Waals surface area contributed by atoms with Gasteiger partial charge in [-0.3, -0.25) is 0 Å². The molecule has 9 heteroatoms. The second-order valence-electron chi connectivity index (χ2n) is 6.38. The highest BCUT2D eigenvalue weighted by Crippen LogP contribution is 2.13. The predicted octanol–water partition coefficient (Wildman–Crippen LogP) is 1.09. The number of hydrazine groups is 1. The number of hydrogen-bond acceptors (Lipinski definition) is 8. The Morgan fingerprint density at radius 1 is 1.23 bits per heavy atom. The van der Waals surface area contributed by atoms with Crippen molar-refractivity contribution >= 4 is 5.82 Å². The van der Waals surface area contributed by atoms with Crippen LogP contribution < -0.4 is 26.1 Å². The second kappa shape index (κ2) is 9.27. The number of β-amino-alcohol motifs (C(OH)–C–C–N with tert-alkyl or cyclic N) is 1. The van der Waals surface area contributed by atoms with Gasteiger partial charge in [0.1, 0.15) is 30.9 Å². The average molecular weight is 365 g/mol. The monoisotopic (exact) mass is 365 g/mol. The number of aromatic nitrogens is 2. The molecule has 0 amide bonds. The summed E-state index contributed by atoms with van der Waals surface area (Å²) in [6.45, 7) is 4.50. The molecule has 0 saturated heterocycles. The zero-order valence-electron chi connectivity index (χ0n) is 14.8. The number of nitrogens with one attached hydrogen (secondary N) is 2. The van der Waals surface area contributed by atoms with E-state index in [2.05, 4.69) is 20.9 Å². The zero-order valence-corrected chi connectivity index (χ0v) is 14.8. The molecule has 0 aliphatic carbocycles. The molecule has 1 aromatic heterocycles. The van der Waals surface area contributed by atoms with Gasteiger partial charge in [0.15, 0.2) is 5.82 Å². The number of nitrogen functional groups attached to an aromatic ring is 1. The molecule has 26 heavy (non-hydrogen) atoms. The van der Waals surface area contributed by atoms with Crippen LogP contribution >= 0.6 is 0 Å². The Morgan fingerprint density at radius 3 is 2.69 bits per heavy atom. The van der Waals surface area contributed by atoms with Crippen LogP contribution in [-0.4, -0.2) is 46.7 Å². The van der Waals surface area contributed by atoms with Crippen LogP contribution in [0.25, 0.3) is 0 Å². The van der Waals surface area contributed by atoms with Gasteiger partial charge in [-0.1, -0.05) is 6.07 Å². The fourth-order valence-electron chi connectivity index (χ4n) is 1.98. The molecular weight excluding hydrogens is 341 g/mol. The maximum atomic E-state index is 13.1. The van der Waals surface area contributed by atoms with Crippen LogP contribution in [0.3, 0.4) is 0 Å². The summed E-state index contributed by atoms with van der Waals surface area (Å²) >= 11 is 0. The normalized spacial score (nSPS) is 12.5. The van der Waals surface area contributed by atoms with Gasteiger partial charge in [-0.25, -0.2) is 10.2 Å². The molecule has 1 unspecified atom stereocenters. The Morgan fingerprint density at radius 2 is 2.04 bits per heavy atom. The fraction of sp³-hybridized carbons (Fsp3) is 0.412. The predicted molar refractivity (Wildman–Crippen MR) is 95.3 cm³/mol. The first-order chi connectivity index (χ1) is 12.4. The van der Waals surface area contributed by atoms with E-state index in [0.717, 1.165) is 0 Å². The lowest BCUT2D eigenvalue weighted by Crippen LogP contribution is -2.48. The molecule has 1 atom stereocenters. The van der Waals surface area contributed by atoms with E-state index in [1.54, 1.807) is 24.3 Å². The van der Waals surface area contributed by atoms with Crippen molar-refractivity contribution in [1.82, 2.24) is 15.5 Å². The minimum atomic E-state index is -0.757. The van der Waals surface area contributed by atoms with Gasteiger partial charge in [0.25, 0.3) is 0 Å². The Labute approximate surface area is 151 Å². The quantitative estimate of drug-likeness (QED) is 0.365. The van der Waals surface area contributed by atoms with Crippen molar-refractivity contribution in [3.63, 3.8) is 0 Å². The fourth-order valence-corrected chi connectivity index (χ4v) is 1.98. The van der Waals surface area contributed by atoms with E-state index in [0.29, 0.717) is 24.1 Å². The van der Waals surface area contributed by atoms with Crippen LogP contribution in [0.4, 0.5) is 10.2 Å². The molecular formula is C17H24FN5O3. The first-order valence-electron chi connectivity index (χ1n) is 8.12. The highest BCUT2D eigenvalue weighted by molar-refractivity contribution is 5.32. The molecule has 1 aromatic carbocycles. The molecule has 2 rings (SSSR count). The summed E-state index contributed by atoms with van der Waals surface area (Å²) in [5, 5.41) is 20.9. The van der Waals surface area contributed by atoms with Crippen molar-refractivity contribution in [2.75, 3.05) is 25.2 Å². The molecule has 2 aromatic rings. The zero-order chi connectivity index (χ0) is 19.0. The summed E-state index contributed by atoms with van der Waals surface area (Å²) in [6, 6.07) is 9.08. The topological polar surface area (TPSA) is 115 Å². The molecule has 1 heterocycles. The number of halogens is 1. The largest absolute Gasteiger partial charge is 0.491 e. The minimum absolute atomic E-state index is 0.0480. The number of ether oxygens (including phenoxy) is 2.